The molecule has 2 aromatic rings. The zero-order valence-corrected chi connectivity index (χ0v) is 9.32. The summed E-state index contributed by atoms with van der Waals surface area (Å²) in [6.07, 6.45) is 0. The van der Waals surface area contributed by atoms with Crippen LogP contribution >= 0.6 is 11.6 Å². The summed E-state index contributed by atoms with van der Waals surface area (Å²) in [4.78, 5) is 12.1. The van der Waals surface area contributed by atoms with Gasteiger partial charge in [-0.3, -0.25) is 4.79 Å². The lowest BCUT2D eigenvalue weighted by molar-refractivity contribution is 0.104. The zero-order valence-electron chi connectivity index (χ0n) is 8.57. The molecule has 2 aromatic carbocycles. The predicted octanol–water partition coefficient (Wildman–Crippen LogP) is 2.96. The van der Waals surface area contributed by atoms with Crippen LogP contribution in [0.3, 0.4) is 0 Å². The molecule has 0 bridgehead atoms. The Balaban J connectivity index is 2.48. The summed E-state index contributed by atoms with van der Waals surface area (Å²) in [7, 11) is 0. The Morgan fingerprint density at radius 1 is 0.941 bits per heavy atom. The number of halogens is 1. The van der Waals surface area contributed by atoms with Gasteiger partial charge in [-0.05, 0) is 5.56 Å². The van der Waals surface area contributed by atoms with Crippen LogP contribution in [0.4, 0.5) is 0 Å². The second kappa shape index (κ2) is 3.25. The Bertz CT molecular complexity index is 662. The molecule has 17 heavy (non-hydrogen) atoms. The molecule has 0 aromatic heterocycles. The molecule has 1 aliphatic carbocycles. The minimum absolute atomic E-state index is 0.0936. The first-order valence-electron chi connectivity index (χ1n) is 5.00. The van der Waals surface area contributed by atoms with Crippen molar-refractivity contribution in [1.82, 2.24) is 0 Å². The van der Waals surface area contributed by atoms with E-state index in [2.05, 4.69) is 0 Å². The second-order valence-corrected chi connectivity index (χ2v) is 4.23. The Morgan fingerprint density at radius 3 is 2.29 bits per heavy atom. The van der Waals surface area contributed by atoms with E-state index in [9.17, 15) is 15.0 Å². The van der Waals surface area contributed by atoms with E-state index in [1.54, 1.807) is 24.3 Å². The highest BCUT2D eigenvalue weighted by Crippen LogP contribution is 2.48. The van der Waals surface area contributed by atoms with Gasteiger partial charge in [-0.15, -0.1) is 0 Å². The van der Waals surface area contributed by atoms with Gasteiger partial charge in [0.1, 0.15) is 11.5 Å². The van der Waals surface area contributed by atoms with E-state index in [0.717, 1.165) is 6.07 Å². The molecule has 0 unspecified atom stereocenters. The van der Waals surface area contributed by atoms with Crippen molar-refractivity contribution in [1.29, 1.82) is 0 Å². The first-order valence-corrected chi connectivity index (χ1v) is 5.37. The van der Waals surface area contributed by atoms with Crippen LogP contribution in [0, 0.1) is 0 Å². The number of ketones is 1. The molecular weight excluding hydrogens is 240 g/mol. The summed E-state index contributed by atoms with van der Waals surface area (Å²) < 4.78 is 0. The number of rotatable bonds is 0. The average Bonchev–Trinajstić information content (AvgIpc) is 2.61. The van der Waals surface area contributed by atoms with Crippen LogP contribution in [0.1, 0.15) is 15.9 Å². The van der Waals surface area contributed by atoms with E-state index in [0.29, 0.717) is 16.7 Å². The SMILES string of the molecule is O=C1c2ccccc2-c2c(Cl)c(O)cc(O)c21. The van der Waals surface area contributed by atoms with Gasteiger partial charge < -0.3 is 10.2 Å². The van der Waals surface area contributed by atoms with E-state index >= 15 is 0 Å². The van der Waals surface area contributed by atoms with Crippen molar-refractivity contribution in [2.45, 2.75) is 0 Å². The molecule has 2 N–H and O–H groups in total. The number of aromatic hydroxyl groups is 2. The van der Waals surface area contributed by atoms with Gasteiger partial charge in [-0.25, -0.2) is 0 Å². The lowest BCUT2D eigenvalue weighted by atomic mass is 10.0. The van der Waals surface area contributed by atoms with Crippen molar-refractivity contribution < 1.29 is 15.0 Å². The molecule has 0 saturated carbocycles. The highest BCUT2D eigenvalue weighted by molar-refractivity contribution is 6.38. The quantitative estimate of drug-likeness (QED) is 0.641. The number of hydrogen-bond donors (Lipinski definition) is 2. The van der Waals surface area contributed by atoms with Gasteiger partial charge in [-0.1, -0.05) is 35.9 Å². The number of carbonyl (C=O) groups excluding carboxylic acids is 1. The summed E-state index contributed by atoms with van der Waals surface area (Å²) in [6.45, 7) is 0. The lowest BCUT2D eigenvalue weighted by Gasteiger charge is -2.06. The minimum atomic E-state index is -0.269. The number of benzene rings is 2. The number of hydrogen-bond acceptors (Lipinski definition) is 3. The summed E-state index contributed by atoms with van der Waals surface area (Å²) >= 11 is 5.99. The number of phenols is 2. The molecule has 0 fully saturated rings. The molecule has 0 radical (unpaired) electrons. The van der Waals surface area contributed by atoms with E-state index in [-0.39, 0.29) is 27.9 Å². The maximum atomic E-state index is 12.1. The molecular formula is C13H7ClO3. The molecule has 1 aliphatic rings. The summed E-state index contributed by atoms with van der Waals surface area (Å²) in [5.74, 6) is -0.745. The Hall–Kier alpha value is -2.00. The third-order valence-electron chi connectivity index (χ3n) is 2.89. The highest BCUT2D eigenvalue weighted by atomic mass is 35.5. The van der Waals surface area contributed by atoms with Gasteiger partial charge in [0.15, 0.2) is 5.78 Å². The van der Waals surface area contributed by atoms with E-state index in [4.69, 9.17) is 11.6 Å². The predicted molar refractivity (Wildman–Crippen MR) is 63.7 cm³/mol. The van der Waals surface area contributed by atoms with E-state index in [1.807, 2.05) is 0 Å². The average molecular weight is 247 g/mol. The van der Waals surface area contributed by atoms with Gasteiger partial charge >= 0.3 is 0 Å². The molecule has 4 heteroatoms. The number of carbonyl (C=O) groups is 1. The zero-order chi connectivity index (χ0) is 12.2. The van der Waals surface area contributed by atoms with Gasteiger partial charge in [-0.2, -0.15) is 0 Å². The molecule has 84 valence electrons. The van der Waals surface area contributed by atoms with Crippen molar-refractivity contribution in [2.75, 3.05) is 0 Å². The molecule has 0 atom stereocenters. The fourth-order valence-electron chi connectivity index (χ4n) is 2.15. The Kier molecular flexibility index (Phi) is 1.94. The number of phenolic OH excluding ortho intramolecular Hbond substituents is 2. The van der Waals surface area contributed by atoms with Crippen LogP contribution < -0.4 is 0 Å². The molecule has 0 spiro atoms. The summed E-state index contributed by atoms with van der Waals surface area (Å²) in [6, 6.07) is 8.02. The third kappa shape index (κ3) is 1.20. The van der Waals surface area contributed by atoms with Crippen molar-refractivity contribution in [3.8, 4) is 22.6 Å². The molecule has 0 aliphatic heterocycles. The first-order chi connectivity index (χ1) is 8.11. The van der Waals surface area contributed by atoms with Gasteiger partial charge in [0, 0.05) is 17.2 Å². The topological polar surface area (TPSA) is 57.5 Å². The first kappa shape index (κ1) is 10.2. The van der Waals surface area contributed by atoms with Crippen LogP contribution in [-0.4, -0.2) is 16.0 Å². The molecule has 3 nitrogen and oxygen atoms in total. The molecule has 0 amide bonds. The summed E-state index contributed by atoms with van der Waals surface area (Å²) in [5.41, 5.74) is 1.70. The smallest absolute Gasteiger partial charge is 0.198 e. The maximum Gasteiger partial charge on any atom is 0.198 e. The number of fused-ring (bicyclic) bond motifs is 3. The van der Waals surface area contributed by atoms with Crippen molar-refractivity contribution in [3.05, 3.63) is 46.5 Å². The van der Waals surface area contributed by atoms with Crippen molar-refractivity contribution >= 4 is 17.4 Å². The van der Waals surface area contributed by atoms with Gasteiger partial charge in [0.05, 0.1) is 10.6 Å². The fraction of sp³-hybridized carbons (Fsp3) is 0. The normalized spacial score (nSPS) is 12.4. The maximum absolute atomic E-state index is 12.1. The Morgan fingerprint density at radius 2 is 1.59 bits per heavy atom. The highest BCUT2D eigenvalue weighted by Gasteiger charge is 2.32. The van der Waals surface area contributed by atoms with E-state index < -0.39 is 0 Å². The fourth-order valence-corrected chi connectivity index (χ4v) is 2.40. The molecule has 0 saturated heterocycles. The molecule has 3 rings (SSSR count). The monoisotopic (exact) mass is 246 g/mol. The van der Waals surface area contributed by atoms with Crippen LogP contribution in [0.25, 0.3) is 11.1 Å². The second-order valence-electron chi connectivity index (χ2n) is 3.85. The van der Waals surface area contributed by atoms with Crippen LogP contribution in [0.5, 0.6) is 11.5 Å². The van der Waals surface area contributed by atoms with Crippen molar-refractivity contribution in [3.63, 3.8) is 0 Å². The summed E-state index contributed by atoms with van der Waals surface area (Å²) in [5, 5.41) is 19.4. The molecule has 0 heterocycles. The van der Waals surface area contributed by atoms with Crippen LogP contribution in [0.15, 0.2) is 30.3 Å². The van der Waals surface area contributed by atoms with Gasteiger partial charge in [0.2, 0.25) is 0 Å². The Labute approximate surface area is 102 Å². The van der Waals surface area contributed by atoms with Crippen LogP contribution in [0.2, 0.25) is 5.02 Å². The largest absolute Gasteiger partial charge is 0.507 e. The van der Waals surface area contributed by atoms with E-state index in [1.165, 1.54) is 0 Å². The minimum Gasteiger partial charge on any atom is -0.507 e. The van der Waals surface area contributed by atoms with Gasteiger partial charge in [0.25, 0.3) is 0 Å². The standard InChI is InChI=1S/C13H7ClO3/c14-12-9(16)5-8(15)11-10(12)6-3-1-2-4-7(6)13(11)17/h1-5,15-16H. The third-order valence-corrected chi connectivity index (χ3v) is 3.27. The van der Waals surface area contributed by atoms with Crippen LogP contribution in [-0.2, 0) is 0 Å². The lowest BCUT2D eigenvalue weighted by Crippen LogP contribution is -1.95. The van der Waals surface area contributed by atoms with Crippen molar-refractivity contribution in [2.24, 2.45) is 0 Å².